The summed E-state index contributed by atoms with van der Waals surface area (Å²) < 4.78 is 5.15. The highest BCUT2D eigenvalue weighted by atomic mass is 16.6. The van der Waals surface area contributed by atoms with Crippen molar-refractivity contribution >= 4 is 5.97 Å². The molecule has 1 aromatic rings. The van der Waals surface area contributed by atoms with Crippen molar-refractivity contribution < 1.29 is 14.5 Å². The molecule has 0 aromatic heterocycles. The van der Waals surface area contributed by atoms with Gasteiger partial charge in [-0.1, -0.05) is 24.6 Å². The Balaban J connectivity index is 2.46. The molecule has 1 aliphatic rings. The molecule has 1 aliphatic heterocycles. The first kappa shape index (κ1) is 11.6. The summed E-state index contributed by atoms with van der Waals surface area (Å²) in [6.45, 7) is 3.33. The van der Waals surface area contributed by atoms with Crippen LogP contribution in [0.3, 0.4) is 0 Å². The van der Waals surface area contributed by atoms with Gasteiger partial charge in [-0.05, 0) is 13.0 Å². The Kier molecular flexibility index (Phi) is 2.83. The van der Waals surface area contributed by atoms with Crippen LogP contribution in [0.5, 0.6) is 5.75 Å². The monoisotopic (exact) mass is 235 g/mol. The number of nitrogens with zero attached hydrogens (tertiary/aromatic N) is 1. The van der Waals surface area contributed by atoms with Gasteiger partial charge in [0.05, 0.1) is 11.8 Å². The van der Waals surface area contributed by atoms with E-state index in [4.69, 9.17) is 4.74 Å². The summed E-state index contributed by atoms with van der Waals surface area (Å²) in [6.07, 6.45) is 0. The van der Waals surface area contributed by atoms with Crippen LogP contribution in [0.2, 0.25) is 0 Å². The molecule has 2 atom stereocenters. The maximum Gasteiger partial charge on any atom is 0.314 e. The van der Waals surface area contributed by atoms with Crippen molar-refractivity contribution in [3.8, 4) is 5.75 Å². The standard InChI is InChI=1S/C12H13NO4/c1-7-3-4-11-9(5-7)10(6-13(15)16)8(2)12(14)17-11/h3-5,8,10H,6H2,1-2H3/t8-,10+/m0/s1. The number of esters is 1. The van der Waals surface area contributed by atoms with Crippen molar-refractivity contribution in [2.45, 2.75) is 19.8 Å². The molecule has 0 radical (unpaired) electrons. The number of hydrogen-bond donors (Lipinski definition) is 0. The minimum atomic E-state index is -0.477. The minimum absolute atomic E-state index is 0.243. The van der Waals surface area contributed by atoms with Gasteiger partial charge in [-0.2, -0.15) is 0 Å². The molecule has 5 nitrogen and oxygen atoms in total. The number of ether oxygens (including phenoxy) is 1. The second-order valence-electron chi connectivity index (χ2n) is 4.37. The smallest absolute Gasteiger partial charge is 0.314 e. The van der Waals surface area contributed by atoms with E-state index in [0.717, 1.165) is 11.1 Å². The van der Waals surface area contributed by atoms with Gasteiger partial charge in [0.1, 0.15) is 5.75 Å². The van der Waals surface area contributed by atoms with Crippen LogP contribution in [0.15, 0.2) is 18.2 Å². The lowest BCUT2D eigenvalue weighted by molar-refractivity contribution is -0.484. The van der Waals surface area contributed by atoms with Crippen molar-refractivity contribution in [3.63, 3.8) is 0 Å². The molecule has 0 aliphatic carbocycles. The zero-order valence-electron chi connectivity index (χ0n) is 9.67. The lowest BCUT2D eigenvalue weighted by Crippen LogP contribution is -2.33. The van der Waals surface area contributed by atoms with Gasteiger partial charge in [0, 0.05) is 10.5 Å². The van der Waals surface area contributed by atoms with Crippen LogP contribution >= 0.6 is 0 Å². The van der Waals surface area contributed by atoms with Gasteiger partial charge >= 0.3 is 5.97 Å². The maximum atomic E-state index is 11.6. The number of aryl methyl sites for hydroxylation is 1. The summed E-state index contributed by atoms with van der Waals surface area (Å²) in [6, 6.07) is 5.37. The van der Waals surface area contributed by atoms with Gasteiger partial charge in [-0.3, -0.25) is 14.9 Å². The van der Waals surface area contributed by atoms with Crippen LogP contribution in [0.1, 0.15) is 24.0 Å². The third-order valence-electron chi connectivity index (χ3n) is 3.10. The van der Waals surface area contributed by atoms with Crippen LogP contribution in [0.25, 0.3) is 0 Å². The third-order valence-corrected chi connectivity index (χ3v) is 3.10. The first-order chi connectivity index (χ1) is 7.99. The van der Waals surface area contributed by atoms with Crippen LogP contribution in [-0.4, -0.2) is 17.4 Å². The van der Waals surface area contributed by atoms with Gasteiger partial charge in [0.15, 0.2) is 0 Å². The quantitative estimate of drug-likeness (QED) is 0.340. The molecule has 90 valence electrons. The predicted molar refractivity (Wildman–Crippen MR) is 60.6 cm³/mol. The van der Waals surface area contributed by atoms with E-state index in [1.54, 1.807) is 13.0 Å². The molecule has 0 saturated heterocycles. The lowest BCUT2D eigenvalue weighted by atomic mass is 9.84. The second-order valence-corrected chi connectivity index (χ2v) is 4.37. The van der Waals surface area contributed by atoms with Gasteiger partial charge in [0.2, 0.25) is 6.54 Å². The van der Waals surface area contributed by atoms with E-state index < -0.39 is 17.8 Å². The minimum Gasteiger partial charge on any atom is -0.426 e. The highest BCUT2D eigenvalue weighted by molar-refractivity contribution is 5.79. The van der Waals surface area contributed by atoms with Crippen molar-refractivity contribution in [2.75, 3.05) is 6.54 Å². The van der Waals surface area contributed by atoms with E-state index in [1.165, 1.54) is 0 Å². The molecule has 1 aromatic carbocycles. The molecule has 1 heterocycles. The number of hydrogen-bond acceptors (Lipinski definition) is 4. The predicted octanol–water partition coefficient (Wildman–Crippen LogP) is 1.91. The van der Waals surface area contributed by atoms with Crippen molar-refractivity contribution in [1.82, 2.24) is 0 Å². The van der Waals surface area contributed by atoms with E-state index >= 15 is 0 Å². The van der Waals surface area contributed by atoms with Crippen molar-refractivity contribution in [2.24, 2.45) is 5.92 Å². The summed E-state index contributed by atoms with van der Waals surface area (Å²) in [5.74, 6) is -0.824. The number of benzene rings is 1. The summed E-state index contributed by atoms with van der Waals surface area (Å²) in [7, 11) is 0. The van der Waals surface area contributed by atoms with Crippen LogP contribution in [0.4, 0.5) is 0 Å². The first-order valence-electron chi connectivity index (χ1n) is 5.43. The van der Waals surface area contributed by atoms with Gasteiger partial charge in [-0.25, -0.2) is 0 Å². The van der Waals surface area contributed by atoms with E-state index in [0.29, 0.717) is 5.75 Å². The number of carbonyl (C=O) groups excluding carboxylic acids is 1. The SMILES string of the molecule is Cc1ccc2c(c1)[C@H](C[N+](=O)[O-])[C@H](C)C(=O)O2. The molecule has 0 amide bonds. The van der Waals surface area contributed by atoms with Crippen molar-refractivity contribution in [1.29, 1.82) is 0 Å². The molecule has 17 heavy (non-hydrogen) atoms. The number of carbonyl (C=O) groups is 1. The second kappa shape index (κ2) is 4.16. The molecular weight excluding hydrogens is 222 g/mol. The van der Waals surface area contributed by atoms with E-state index in [9.17, 15) is 14.9 Å². The Bertz CT molecular complexity index is 483. The Morgan fingerprint density at radius 1 is 1.47 bits per heavy atom. The lowest BCUT2D eigenvalue weighted by Gasteiger charge is -2.27. The summed E-state index contributed by atoms with van der Waals surface area (Å²) in [5, 5.41) is 10.7. The molecular formula is C12H13NO4. The first-order valence-corrected chi connectivity index (χ1v) is 5.43. The molecule has 2 rings (SSSR count). The van der Waals surface area contributed by atoms with Crippen molar-refractivity contribution in [3.05, 3.63) is 39.4 Å². The summed E-state index contributed by atoms with van der Waals surface area (Å²) in [5.41, 5.74) is 1.76. The maximum absolute atomic E-state index is 11.6. The molecule has 0 saturated carbocycles. The van der Waals surface area contributed by atoms with Crippen LogP contribution in [0, 0.1) is 23.0 Å². The zero-order valence-corrected chi connectivity index (χ0v) is 9.67. The number of nitro groups is 1. The molecule has 5 heteroatoms. The summed E-state index contributed by atoms with van der Waals surface area (Å²) in [4.78, 5) is 21.9. The van der Waals surface area contributed by atoms with Gasteiger partial charge in [0.25, 0.3) is 0 Å². The fraction of sp³-hybridized carbons (Fsp3) is 0.417. The summed E-state index contributed by atoms with van der Waals surface area (Å²) >= 11 is 0. The largest absolute Gasteiger partial charge is 0.426 e. The van der Waals surface area contributed by atoms with E-state index in [2.05, 4.69) is 0 Å². The molecule has 0 N–H and O–H groups in total. The Morgan fingerprint density at radius 2 is 2.18 bits per heavy atom. The Hall–Kier alpha value is -1.91. The number of fused-ring (bicyclic) bond motifs is 1. The highest BCUT2D eigenvalue weighted by Crippen LogP contribution is 2.38. The highest BCUT2D eigenvalue weighted by Gasteiger charge is 2.37. The fourth-order valence-electron chi connectivity index (χ4n) is 2.10. The van der Waals surface area contributed by atoms with Crippen LogP contribution < -0.4 is 4.74 Å². The molecule has 0 unspecified atom stereocenters. The van der Waals surface area contributed by atoms with E-state index in [-0.39, 0.29) is 11.5 Å². The Morgan fingerprint density at radius 3 is 2.82 bits per heavy atom. The normalized spacial score (nSPS) is 22.8. The topological polar surface area (TPSA) is 69.4 Å². The van der Waals surface area contributed by atoms with E-state index in [1.807, 2.05) is 19.1 Å². The van der Waals surface area contributed by atoms with Gasteiger partial charge < -0.3 is 4.74 Å². The molecule has 0 fully saturated rings. The molecule has 0 bridgehead atoms. The number of rotatable bonds is 2. The van der Waals surface area contributed by atoms with Crippen LogP contribution in [-0.2, 0) is 4.79 Å². The average molecular weight is 235 g/mol. The fourth-order valence-corrected chi connectivity index (χ4v) is 2.10. The average Bonchev–Trinajstić information content (AvgIpc) is 2.25. The van der Waals surface area contributed by atoms with Gasteiger partial charge in [-0.15, -0.1) is 0 Å². The zero-order chi connectivity index (χ0) is 12.6. The molecule has 0 spiro atoms. The third kappa shape index (κ3) is 2.13. The Labute approximate surface area is 98.5 Å².